The molecule has 0 aromatic rings. The topological polar surface area (TPSA) is 55.1 Å². The van der Waals surface area contributed by atoms with Crippen LogP contribution in [0.15, 0.2) is 0 Å². The van der Waals surface area contributed by atoms with Crippen molar-refractivity contribution in [1.29, 1.82) is 0 Å². The van der Waals surface area contributed by atoms with Crippen LogP contribution in [0.3, 0.4) is 0 Å². The molecule has 0 aliphatic carbocycles. The Morgan fingerprint density at radius 3 is 2.19 bits per heavy atom. The van der Waals surface area contributed by atoms with E-state index in [-0.39, 0.29) is 17.4 Å². The van der Waals surface area contributed by atoms with Crippen LogP contribution in [0.4, 0.5) is 0 Å². The number of nitrogens with two attached hydrogens (primary N) is 1. The highest BCUT2D eigenvalue weighted by atomic mass is 16.2. The molecule has 0 fully saturated rings. The number of nitrogens with one attached hydrogen (secondary N) is 1. The van der Waals surface area contributed by atoms with Crippen LogP contribution in [0.25, 0.3) is 0 Å². The standard InChI is InChI=1S/C13H28N2O/c1-7-9(2)8-10(3)15-12(16)11(14)13(4,5)6/h9-11H,7-8,14H2,1-6H3,(H,15,16)/t9?,10?,11-/m0/s1. The minimum atomic E-state index is -0.438. The first-order chi connectivity index (χ1) is 7.18. The Hall–Kier alpha value is -0.570. The third-order valence-corrected chi connectivity index (χ3v) is 3.06. The van der Waals surface area contributed by atoms with Gasteiger partial charge in [0.1, 0.15) is 0 Å². The van der Waals surface area contributed by atoms with Crippen LogP contribution in [-0.4, -0.2) is 18.0 Å². The minimum Gasteiger partial charge on any atom is -0.352 e. The van der Waals surface area contributed by atoms with E-state index in [1.807, 2.05) is 27.7 Å². The van der Waals surface area contributed by atoms with Gasteiger partial charge in [-0.3, -0.25) is 4.79 Å². The van der Waals surface area contributed by atoms with Crippen molar-refractivity contribution >= 4 is 5.91 Å². The maximum Gasteiger partial charge on any atom is 0.237 e. The number of carbonyl (C=O) groups excluding carboxylic acids is 1. The zero-order chi connectivity index (χ0) is 12.9. The summed E-state index contributed by atoms with van der Waals surface area (Å²) in [7, 11) is 0. The summed E-state index contributed by atoms with van der Waals surface area (Å²) in [6, 6.07) is -0.234. The average Bonchev–Trinajstić information content (AvgIpc) is 2.14. The summed E-state index contributed by atoms with van der Waals surface area (Å²) in [6.45, 7) is 12.4. The van der Waals surface area contributed by atoms with E-state index in [9.17, 15) is 4.79 Å². The van der Waals surface area contributed by atoms with E-state index in [4.69, 9.17) is 5.73 Å². The van der Waals surface area contributed by atoms with Gasteiger partial charge in [0.2, 0.25) is 5.91 Å². The molecule has 3 atom stereocenters. The summed E-state index contributed by atoms with van der Waals surface area (Å²) < 4.78 is 0. The van der Waals surface area contributed by atoms with Crippen LogP contribution < -0.4 is 11.1 Å². The Morgan fingerprint density at radius 2 is 1.81 bits per heavy atom. The summed E-state index contributed by atoms with van der Waals surface area (Å²) in [5.74, 6) is 0.601. The molecule has 3 heteroatoms. The Bertz CT molecular complexity index is 220. The molecule has 3 nitrogen and oxygen atoms in total. The molecular formula is C13H28N2O. The molecule has 0 saturated heterocycles. The first kappa shape index (κ1) is 15.4. The summed E-state index contributed by atoms with van der Waals surface area (Å²) in [6.07, 6.45) is 2.16. The van der Waals surface area contributed by atoms with Gasteiger partial charge < -0.3 is 11.1 Å². The third-order valence-electron chi connectivity index (χ3n) is 3.06. The molecule has 0 aromatic carbocycles. The lowest BCUT2D eigenvalue weighted by Crippen LogP contribution is -2.51. The second kappa shape index (κ2) is 6.24. The van der Waals surface area contributed by atoms with Crippen LogP contribution in [-0.2, 0) is 4.79 Å². The van der Waals surface area contributed by atoms with Gasteiger partial charge in [-0.05, 0) is 24.7 Å². The van der Waals surface area contributed by atoms with Crippen molar-refractivity contribution in [2.75, 3.05) is 0 Å². The molecule has 0 saturated carbocycles. The van der Waals surface area contributed by atoms with E-state index < -0.39 is 6.04 Å². The lowest BCUT2D eigenvalue weighted by Gasteiger charge is -2.28. The lowest BCUT2D eigenvalue weighted by molar-refractivity contribution is -0.125. The number of carbonyl (C=O) groups is 1. The fraction of sp³-hybridized carbons (Fsp3) is 0.923. The van der Waals surface area contributed by atoms with E-state index in [1.54, 1.807) is 0 Å². The van der Waals surface area contributed by atoms with Crippen molar-refractivity contribution in [3.63, 3.8) is 0 Å². The summed E-state index contributed by atoms with van der Waals surface area (Å²) >= 11 is 0. The van der Waals surface area contributed by atoms with Gasteiger partial charge >= 0.3 is 0 Å². The number of hydrogen-bond donors (Lipinski definition) is 2. The maximum atomic E-state index is 11.8. The molecule has 0 aliphatic heterocycles. The second-order valence-corrected chi connectivity index (χ2v) is 6.00. The van der Waals surface area contributed by atoms with Gasteiger partial charge in [-0.2, -0.15) is 0 Å². The summed E-state index contributed by atoms with van der Waals surface area (Å²) in [4.78, 5) is 11.8. The Kier molecular flexibility index (Phi) is 6.01. The fourth-order valence-corrected chi connectivity index (χ4v) is 1.56. The molecule has 0 radical (unpaired) electrons. The lowest BCUT2D eigenvalue weighted by atomic mass is 9.86. The van der Waals surface area contributed by atoms with Gasteiger partial charge in [-0.1, -0.05) is 41.0 Å². The van der Waals surface area contributed by atoms with Crippen LogP contribution in [0.5, 0.6) is 0 Å². The molecule has 0 rings (SSSR count). The highest BCUT2D eigenvalue weighted by Crippen LogP contribution is 2.18. The van der Waals surface area contributed by atoms with Crippen molar-refractivity contribution < 1.29 is 4.79 Å². The zero-order valence-electron chi connectivity index (χ0n) is 11.6. The molecule has 0 bridgehead atoms. The number of rotatable bonds is 5. The van der Waals surface area contributed by atoms with E-state index in [0.717, 1.165) is 12.8 Å². The van der Waals surface area contributed by atoms with Crippen molar-refractivity contribution in [3.05, 3.63) is 0 Å². The first-order valence-corrected chi connectivity index (χ1v) is 6.24. The van der Waals surface area contributed by atoms with Gasteiger partial charge in [0.15, 0.2) is 0 Å². The largest absolute Gasteiger partial charge is 0.352 e. The molecule has 0 aromatic heterocycles. The first-order valence-electron chi connectivity index (χ1n) is 6.24. The van der Waals surface area contributed by atoms with Gasteiger partial charge in [0.25, 0.3) is 0 Å². The Balaban J connectivity index is 4.14. The quantitative estimate of drug-likeness (QED) is 0.758. The van der Waals surface area contributed by atoms with Crippen LogP contribution >= 0.6 is 0 Å². The molecule has 0 aliphatic rings. The van der Waals surface area contributed by atoms with Crippen molar-refractivity contribution in [2.45, 2.75) is 66.5 Å². The molecule has 3 N–H and O–H groups in total. The highest BCUT2D eigenvalue weighted by molar-refractivity contribution is 5.82. The van der Waals surface area contributed by atoms with Crippen LogP contribution in [0.2, 0.25) is 0 Å². The molecule has 2 unspecified atom stereocenters. The zero-order valence-corrected chi connectivity index (χ0v) is 11.6. The molecular weight excluding hydrogens is 200 g/mol. The van der Waals surface area contributed by atoms with E-state index in [1.165, 1.54) is 0 Å². The van der Waals surface area contributed by atoms with Crippen molar-refractivity contribution in [2.24, 2.45) is 17.1 Å². The van der Waals surface area contributed by atoms with Crippen LogP contribution in [0.1, 0.15) is 54.4 Å². The van der Waals surface area contributed by atoms with Gasteiger partial charge in [-0.15, -0.1) is 0 Å². The third kappa shape index (κ3) is 5.50. The normalized spacial score (nSPS) is 17.7. The fourth-order valence-electron chi connectivity index (χ4n) is 1.56. The minimum absolute atomic E-state index is 0.0386. The molecule has 1 amide bonds. The smallest absolute Gasteiger partial charge is 0.237 e. The molecule has 0 spiro atoms. The van der Waals surface area contributed by atoms with Gasteiger partial charge in [0.05, 0.1) is 6.04 Å². The van der Waals surface area contributed by atoms with Crippen molar-refractivity contribution in [3.8, 4) is 0 Å². The Morgan fingerprint density at radius 1 is 1.31 bits per heavy atom. The highest BCUT2D eigenvalue weighted by Gasteiger charge is 2.28. The van der Waals surface area contributed by atoms with E-state index in [2.05, 4.69) is 19.2 Å². The number of amides is 1. The molecule has 16 heavy (non-hydrogen) atoms. The van der Waals surface area contributed by atoms with Crippen molar-refractivity contribution in [1.82, 2.24) is 5.32 Å². The van der Waals surface area contributed by atoms with Crippen LogP contribution in [0, 0.1) is 11.3 Å². The number of hydrogen-bond acceptors (Lipinski definition) is 2. The average molecular weight is 228 g/mol. The van der Waals surface area contributed by atoms with E-state index >= 15 is 0 Å². The molecule has 96 valence electrons. The van der Waals surface area contributed by atoms with Gasteiger partial charge in [0, 0.05) is 6.04 Å². The molecule has 0 heterocycles. The predicted molar refractivity (Wildman–Crippen MR) is 69.1 cm³/mol. The second-order valence-electron chi connectivity index (χ2n) is 6.00. The summed E-state index contributed by atoms with van der Waals surface area (Å²) in [5, 5.41) is 2.99. The predicted octanol–water partition coefficient (Wildman–Crippen LogP) is 2.30. The Labute approximate surface area is 100 Å². The maximum absolute atomic E-state index is 11.8. The van der Waals surface area contributed by atoms with Gasteiger partial charge in [-0.25, -0.2) is 0 Å². The van der Waals surface area contributed by atoms with E-state index in [0.29, 0.717) is 5.92 Å². The SMILES string of the molecule is CCC(C)CC(C)NC(=O)[C@H](N)C(C)(C)C. The summed E-state index contributed by atoms with van der Waals surface area (Å²) in [5.41, 5.74) is 5.71. The monoisotopic (exact) mass is 228 g/mol.